The molecule has 0 aliphatic heterocycles. The van der Waals surface area contributed by atoms with Gasteiger partial charge >= 0.3 is 6.03 Å². The summed E-state index contributed by atoms with van der Waals surface area (Å²) in [6.45, 7) is 2.31. The molecule has 0 saturated heterocycles. The first-order valence-corrected chi connectivity index (χ1v) is 9.95. The van der Waals surface area contributed by atoms with Crippen molar-refractivity contribution in [1.29, 1.82) is 0 Å². The van der Waals surface area contributed by atoms with E-state index < -0.39 is 0 Å². The standard InChI is InChI=1S/C19H31N3OS/c23-19(21-11-4-7-18-8-12-20-13-9-18)22(15-16-24)14-10-17-5-2-1-3-6-17/h8-9,12-13,17,24H,1-7,10-11,14-16H2,(H,21,23). The zero-order chi connectivity index (χ0) is 17.0. The number of hydrogen-bond acceptors (Lipinski definition) is 3. The predicted octanol–water partition coefficient (Wildman–Crippen LogP) is 3.93. The van der Waals surface area contributed by atoms with E-state index >= 15 is 0 Å². The van der Waals surface area contributed by atoms with Crippen LogP contribution >= 0.6 is 12.6 Å². The maximum Gasteiger partial charge on any atom is 0.317 e. The molecule has 2 amide bonds. The summed E-state index contributed by atoms with van der Waals surface area (Å²) in [6, 6.07) is 4.12. The normalized spacial score (nSPS) is 15.2. The second-order valence-corrected chi connectivity index (χ2v) is 7.14. The Balaban J connectivity index is 1.66. The Hall–Kier alpha value is -1.23. The zero-order valence-corrected chi connectivity index (χ0v) is 15.5. The topological polar surface area (TPSA) is 45.2 Å². The molecule has 1 N–H and O–H groups in total. The van der Waals surface area contributed by atoms with Crippen molar-refractivity contribution in [2.75, 3.05) is 25.4 Å². The number of carbonyl (C=O) groups excluding carboxylic acids is 1. The Morgan fingerprint density at radius 1 is 1.21 bits per heavy atom. The van der Waals surface area contributed by atoms with Crippen LogP contribution in [0.4, 0.5) is 4.79 Å². The summed E-state index contributed by atoms with van der Waals surface area (Å²) in [4.78, 5) is 18.3. The lowest BCUT2D eigenvalue weighted by Crippen LogP contribution is -2.42. The molecule has 1 aromatic heterocycles. The molecule has 0 unspecified atom stereocenters. The summed E-state index contributed by atoms with van der Waals surface area (Å²) in [5.41, 5.74) is 1.27. The van der Waals surface area contributed by atoms with Gasteiger partial charge in [-0.15, -0.1) is 0 Å². The van der Waals surface area contributed by atoms with Gasteiger partial charge in [-0.3, -0.25) is 4.98 Å². The Morgan fingerprint density at radius 3 is 2.67 bits per heavy atom. The van der Waals surface area contributed by atoms with Crippen molar-refractivity contribution >= 4 is 18.7 Å². The third-order valence-corrected chi connectivity index (χ3v) is 5.06. The number of urea groups is 1. The fourth-order valence-corrected chi connectivity index (χ4v) is 3.64. The van der Waals surface area contributed by atoms with Gasteiger partial charge in [0.05, 0.1) is 0 Å². The second-order valence-electron chi connectivity index (χ2n) is 6.69. The van der Waals surface area contributed by atoms with Crippen molar-refractivity contribution < 1.29 is 4.79 Å². The van der Waals surface area contributed by atoms with Crippen LogP contribution < -0.4 is 5.32 Å². The molecule has 1 aliphatic rings. The predicted molar refractivity (Wildman–Crippen MR) is 103 cm³/mol. The van der Waals surface area contributed by atoms with Crippen molar-refractivity contribution in [3.05, 3.63) is 30.1 Å². The third kappa shape index (κ3) is 7.12. The lowest BCUT2D eigenvalue weighted by atomic mass is 9.87. The maximum absolute atomic E-state index is 12.4. The summed E-state index contributed by atoms with van der Waals surface area (Å²) < 4.78 is 0. The van der Waals surface area contributed by atoms with Crippen LogP contribution in [0.25, 0.3) is 0 Å². The summed E-state index contributed by atoms with van der Waals surface area (Å²) in [7, 11) is 0. The number of pyridine rings is 1. The van der Waals surface area contributed by atoms with Gasteiger partial charge in [-0.2, -0.15) is 12.6 Å². The Kier molecular flexibility index (Phi) is 9.03. The molecule has 134 valence electrons. The highest BCUT2D eigenvalue weighted by Crippen LogP contribution is 2.26. The van der Waals surface area contributed by atoms with Crippen molar-refractivity contribution in [1.82, 2.24) is 15.2 Å². The van der Waals surface area contributed by atoms with Gasteiger partial charge in [0.15, 0.2) is 0 Å². The molecule has 24 heavy (non-hydrogen) atoms. The van der Waals surface area contributed by atoms with Crippen LogP contribution in [0.15, 0.2) is 24.5 Å². The summed E-state index contributed by atoms with van der Waals surface area (Å²) in [5, 5.41) is 3.06. The minimum atomic E-state index is 0.0644. The highest BCUT2D eigenvalue weighted by atomic mass is 32.1. The second kappa shape index (κ2) is 11.3. The van der Waals surface area contributed by atoms with E-state index in [-0.39, 0.29) is 6.03 Å². The quantitative estimate of drug-likeness (QED) is 0.524. The van der Waals surface area contributed by atoms with Gasteiger partial charge in [0.2, 0.25) is 0 Å². The number of nitrogens with zero attached hydrogens (tertiary/aromatic N) is 2. The lowest BCUT2D eigenvalue weighted by molar-refractivity contribution is 0.193. The van der Waals surface area contributed by atoms with Crippen LogP contribution in [0.3, 0.4) is 0 Å². The number of carbonyl (C=O) groups is 1. The van der Waals surface area contributed by atoms with Gasteiger partial charge in [-0.1, -0.05) is 32.1 Å². The molecule has 0 aromatic carbocycles. The van der Waals surface area contributed by atoms with Crippen molar-refractivity contribution in [3.8, 4) is 0 Å². The van der Waals surface area contributed by atoms with Crippen LogP contribution in [0.5, 0.6) is 0 Å². The van der Waals surface area contributed by atoms with E-state index in [1.807, 2.05) is 29.4 Å². The fraction of sp³-hybridized carbons (Fsp3) is 0.684. The van der Waals surface area contributed by atoms with E-state index in [9.17, 15) is 4.79 Å². The van der Waals surface area contributed by atoms with Crippen molar-refractivity contribution in [2.45, 2.75) is 51.4 Å². The average molecular weight is 350 g/mol. The minimum Gasteiger partial charge on any atom is -0.338 e. The molecule has 2 rings (SSSR count). The first-order chi connectivity index (χ1) is 11.8. The van der Waals surface area contributed by atoms with Gasteiger partial charge in [-0.05, 0) is 42.9 Å². The Labute approximate surface area is 151 Å². The molecule has 1 fully saturated rings. The molecule has 0 atom stereocenters. The Bertz CT molecular complexity index is 463. The van der Waals surface area contributed by atoms with Gasteiger partial charge in [0, 0.05) is 37.8 Å². The Morgan fingerprint density at radius 2 is 1.96 bits per heavy atom. The molecule has 0 bridgehead atoms. The molecular formula is C19H31N3OS. The largest absolute Gasteiger partial charge is 0.338 e. The van der Waals surface area contributed by atoms with E-state index in [0.29, 0.717) is 6.54 Å². The number of hydrogen-bond donors (Lipinski definition) is 2. The molecule has 1 aliphatic carbocycles. The number of rotatable bonds is 9. The maximum atomic E-state index is 12.4. The third-order valence-electron chi connectivity index (χ3n) is 4.86. The average Bonchev–Trinajstić information content (AvgIpc) is 2.64. The summed E-state index contributed by atoms with van der Waals surface area (Å²) in [5.74, 6) is 1.52. The number of aromatic nitrogens is 1. The molecule has 0 radical (unpaired) electrons. The SMILES string of the molecule is O=C(NCCCc1ccncc1)N(CCS)CCC1CCCCC1. The first-order valence-electron chi connectivity index (χ1n) is 9.32. The summed E-state index contributed by atoms with van der Waals surface area (Å²) >= 11 is 4.30. The van der Waals surface area contributed by atoms with Gasteiger partial charge in [0.1, 0.15) is 0 Å². The van der Waals surface area contributed by atoms with Crippen LogP contribution in [0.1, 0.15) is 50.5 Å². The van der Waals surface area contributed by atoms with E-state index in [2.05, 4.69) is 22.9 Å². The van der Waals surface area contributed by atoms with Crippen LogP contribution in [-0.4, -0.2) is 41.3 Å². The number of thiol groups is 1. The van der Waals surface area contributed by atoms with Gasteiger partial charge < -0.3 is 10.2 Å². The molecule has 1 heterocycles. The fourth-order valence-electron chi connectivity index (χ4n) is 3.40. The molecule has 1 saturated carbocycles. The van der Waals surface area contributed by atoms with Crippen LogP contribution in [0, 0.1) is 5.92 Å². The summed E-state index contributed by atoms with van der Waals surface area (Å²) in [6.07, 6.45) is 13.5. The van der Waals surface area contributed by atoms with Crippen LogP contribution in [-0.2, 0) is 6.42 Å². The molecular weight excluding hydrogens is 318 g/mol. The van der Waals surface area contributed by atoms with Crippen molar-refractivity contribution in [2.24, 2.45) is 5.92 Å². The lowest BCUT2D eigenvalue weighted by Gasteiger charge is -2.27. The number of amides is 2. The highest BCUT2D eigenvalue weighted by molar-refractivity contribution is 7.80. The van der Waals surface area contributed by atoms with Crippen molar-refractivity contribution in [3.63, 3.8) is 0 Å². The molecule has 1 aromatic rings. The minimum absolute atomic E-state index is 0.0644. The zero-order valence-electron chi connectivity index (χ0n) is 14.6. The molecule has 5 heteroatoms. The van der Waals surface area contributed by atoms with E-state index in [1.54, 1.807) is 0 Å². The number of nitrogens with one attached hydrogen (secondary N) is 1. The van der Waals surface area contributed by atoms with Crippen LogP contribution in [0.2, 0.25) is 0 Å². The highest BCUT2D eigenvalue weighted by Gasteiger charge is 2.17. The monoisotopic (exact) mass is 349 g/mol. The smallest absolute Gasteiger partial charge is 0.317 e. The van der Waals surface area contributed by atoms with Gasteiger partial charge in [-0.25, -0.2) is 4.79 Å². The van der Waals surface area contributed by atoms with Gasteiger partial charge in [0.25, 0.3) is 0 Å². The van der Waals surface area contributed by atoms with E-state index in [1.165, 1.54) is 37.7 Å². The number of aryl methyl sites for hydroxylation is 1. The van der Waals surface area contributed by atoms with E-state index in [4.69, 9.17) is 0 Å². The molecule has 0 spiro atoms. The van der Waals surface area contributed by atoms with E-state index in [0.717, 1.165) is 44.0 Å². The molecule has 4 nitrogen and oxygen atoms in total. The first kappa shape index (κ1) is 19.1.